The van der Waals surface area contributed by atoms with Crippen LogP contribution in [0.3, 0.4) is 0 Å². The number of nitrogens with zero attached hydrogens (tertiary/aromatic N) is 3. The fourth-order valence-corrected chi connectivity index (χ4v) is 3.28. The van der Waals surface area contributed by atoms with Gasteiger partial charge in [0.15, 0.2) is 0 Å². The zero-order valence-corrected chi connectivity index (χ0v) is 16.3. The highest BCUT2D eigenvalue weighted by atomic mass is 16.5. The zero-order chi connectivity index (χ0) is 21.1. The quantitative estimate of drug-likeness (QED) is 0.514. The molecule has 2 N–H and O–H groups in total. The van der Waals surface area contributed by atoms with Crippen molar-refractivity contribution in [2.24, 2.45) is 0 Å². The number of carbonyl (C=O) groups is 1. The Kier molecular flexibility index (Phi) is 5.32. The van der Waals surface area contributed by atoms with Crippen molar-refractivity contribution < 1.29 is 14.6 Å². The molecular weight excluding hydrogens is 384 g/mol. The van der Waals surface area contributed by atoms with Crippen molar-refractivity contribution in [2.45, 2.75) is 13.2 Å². The summed E-state index contributed by atoms with van der Waals surface area (Å²) in [5.41, 5.74) is 2.21. The van der Waals surface area contributed by atoms with E-state index in [0.29, 0.717) is 22.7 Å². The number of anilines is 1. The predicted molar refractivity (Wildman–Crippen MR) is 112 cm³/mol. The summed E-state index contributed by atoms with van der Waals surface area (Å²) in [7, 11) is 1.57. The monoisotopic (exact) mass is 404 g/mol. The molecule has 2 aromatic heterocycles. The zero-order valence-electron chi connectivity index (χ0n) is 16.3. The second-order valence-corrected chi connectivity index (χ2v) is 6.65. The maximum atomic E-state index is 13.0. The van der Waals surface area contributed by atoms with Crippen LogP contribution in [0.2, 0.25) is 0 Å². The summed E-state index contributed by atoms with van der Waals surface area (Å²) in [6.07, 6.45) is 3.11. The summed E-state index contributed by atoms with van der Waals surface area (Å²) in [4.78, 5) is 25.5. The van der Waals surface area contributed by atoms with Crippen LogP contribution in [0.5, 0.6) is 5.75 Å². The smallest absolute Gasteiger partial charge is 0.277 e. The van der Waals surface area contributed by atoms with Gasteiger partial charge in [0.1, 0.15) is 17.8 Å². The number of aliphatic hydroxyl groups excluding tert-OH is 1. The largest absolute Gasteiger partial charge is 0.497 e. The molecule has 0 unspecified atom stereocenters. The first-order valence-corrected chi connectivity index (χ1v) is 9.31. The van der Waals surface area contributed by atoms with Gasteiger partial charge >= 0.3 is 0 Å². The van der Waals surface area contributed by atoms with E-state index in [4.69, 9.17) is 4.74 Å². The van der Waals surface area contributed by atoms with Crippen molar-refractivity contribution in [3.05, 3.63) is 82.9 Å². The average molecular weight is 404 g/mol. The summed E-state index contributed by atoms with van der Waals surface area (Å²) in [5, 5.41) is 17.1. The molecule has 0 saturated heterocycles. The van der Waals surface area contributed by atoms with E-state index in [-0.39, 0.29) is 24.6 Å². The number of rotatable bonds is 6. The van der Waals surface area contributed by atoms with E-state index >= 15 is 0 Å². The van der Waals surface area contributed by atoms with E-state index in [1.54, 1.807) is 37.6 Å². The molecule has 0 bridgehead atoms. The summed E-state index contributed by atoms with van der Waals surface area (Å²) >= 11 is 0. The van der Waals surface area contributed by atoms with Gasteiger partial charge in [0.25, 0.3) is 5.56 Å². The lowest BCUT2D eigenvalue weighted by Crippen LogP contribution is -2.28. The topological polar surface area (TPSA) is 97.9 Å². The molecule has 8 heteroatoms. The van der Waals surface area contributed by atoms with Crippen LogP contribution in [0, 0.1) is 0 Å². The number of nitrogens with one attached hydrogen (secondary N) is 1. The van der Waals surface area contributed by atoms with Gasteiger partial charge in [-0.3, -0.25) is 9.59 Å². The molecule has 0 aliphatic rings. The van der Waals surface area contributed by atoms with Crippen LogP contribution in [-0.4, -0.2) is 32.3 Å². The van der Waals surface area contributed by atoms with Crippen LogP contribution in [0.15, 0.2) is 71.8 Å². The Morgan fingerprint density at radius 2 is 1.83 bits per heavy atom. The van der Waals surface area contributed by atoms with Gasteiger partial charge in [-0.25, -0.2) is 4.52 Å². The molecule has 4 rings (SSSR count). The average Bonchev–Trinajstić information content (AvgIpc) is 3.16. The highest BCUT2D eigenvalue weighted by Crippen LogP contribution is 2.24. The van der Waals surface area contributed by atoms with Gasteiger partial charge in [-0.2, -0.15) is 5.10 Å². The standard InChI is InChI=1S/C22H20N4O4/c1-30-17-9-7-16(8-10-17)23-19(28)13-25-11-12-26-21(22(25)29)18(14-27)20(24-26)15-5-3-2-4-6-15/h2-12,27H,13-14H2,1H3,(H,23,28). The van der Waals surface area contributed by atoms with Crippen molar-refractivity contribution in [3.63, 3.8) is 0 Å². The van der Waals surface area contributed by atoms with Crippen LogP contribution in [0.25, 0.3) is 16.8 Å². The summed E-state index contributed by atoms with van der Waals surface area (Å²) in [5.74, 6) is 0.334. The maximum absolute atomic E-state index is 13.0. The van der Waals surface area contributed by atoms with Crippen molar-refractivity contribution in [2.75, 3.05) is 12.4 Å². The number of amides is 1. The molecule has 0 spiro atoms. The van der Waals surface area contributed by atoms with Gasteiger partial charge in [-0.1, -0.05) is 30.3 Å². The first kappa shape index (κ1) is 19.4. The van der Waals surface area contributed by atoms with Gasteiger partial charge in [0.2, 0.25) is 5.91 Å². The number of benzene rings is 2. The van der Waals surface area contributed by atoms with Crippen LogP contribution in [-0.2, 0) is 17.9 Å². The number of aromatic nitrogens is 3. The molecule has 1 amide bonds. The lowest BCUT2D eigenvalue weighted by atomic mass is 10.1. The van der Waals surface area contributed by atoms with E-state index in [9.17, 15) is 14.7 Å². The molecule has 30 heavy (non-hydrogen) atoms. The van der Waals surface area contributed by atoms with Gasteiger partial charge < -0.3 is 19.7 Å². The van der Waals surface area contributed by atoms with Crippen LogP contribution in [0.4, 0.5) is 5.69 Å². The van der Waals surface area contributed by atoms with E-state index in [2.05, 4.69) is 10.4 Å². The van der Waals surface area contributed by atoms with E-state index in [1.807, 2.05) is 30.3 Å². The molecule has 4 aromatic rings. The number of aliphatic hydroxyl groups is 1. The van der Waals surface area contributed by atoms with E-state index in [0.717, 1.165) is 5.56 Å². The minimum absolute atomic E-state index is 0.169. The Hall–Kier alpha value is -3.91. The Bertz CT molecular complexity index is 1240. The minimum Gasteiger partial charge on any atom is -0.497 e. The Labute approximate surface area is 172 Å². The Morgan fingerprint density at radius 1 is 1.10 bits per heavy atom. The molecule has 8 nitrogen and oxygen atoms in total. The lowest BCUT2D eigenvalue weighted by Gasteiger charge is -2.08. The van der Waals surface area contributed by atoms with E-state index in [1.165, 1.54) is 15.3 Å². The molecule has 152 valence electrons. The van der Waals surface area contributed by atoms with Crippen LogP contribution < -0.4 is 15.6 Å². The van der Waals surface area contributed by atoms with Gasteiger partial charge in [0, 0.05) is 29.2 Å². The molecule has 0 atom stereocenters. The lowest BCUT2D eigenvalue weighted by molar-refractivity contribution is -0.116. The van der Waals surface area contributed by atoms with Crippen LogP contribution in [0.1, 0.15) is 5.56 Å². The molecule has 2 heterocycles. The van der Waals surface area contributed by atoms with Gasteiger partial charge in [-0.05, 0) is 24.3 Å². The van der Waals surface area contributed by atoms with Crippen molar-refractivity contribution in [1.82, 2.24) is 14.2 Å². The summed E-state index contributed by atoms with van der Waals surface area (Å²) < 4.78 is 7.83. The third kappa shape index (κ3) is 3.68. The Morgan fingerprint density at radius 3 is 2.50 bits per heavy atom. The molecule has 0 radical (unpaired) electrons. The molecule has 0 saturated carbocycles. The number of hydrogen-bond donors (Lipinski definition) is 2. The number of hydrogen-bond acceptors (Lipinski definition) is 5. The first-order valence-electron chi connectivity index (χ1n) is 9.31. The fraction of sp³-hybridized carbons (Fsp3) is 0.136. The molecule has 2 aromatic carbocycles. The number of carbonyl (C=O) groups excluding carboxylic acids is 1. The van der Waals surface area contributed by atoms with Crippen LogP contribution >= 0.6 is 0 Å². The first-order chi connectivity index (χ1) is 14.6. The highest BCUT2D eigenvalue weighted by molar-refractivity contribution is 5.90. The van der Waals surface area contributed by atoms with Crippen molar-refractivity contribution >= 4 is 17.1 Å². The van der Waals surface area contributed by atoms with Gasteiger partial charge in [0.05, 0.1) is 19.4 Å². The molecule has 0 aliphatic carbocycles. The third-order valence-corrected chi connectivity index (χ3v) is 4.75. The number of fused-ring (bicyclic) bond motifs is 1. The Balaban J connectivity index is 1.64. The normalized spacial score (nSPS) is 10.9. The summed E-state index contributed by atoms with van der Waals surface area (Å²) in [6, 6.07) is 16.2. The minimum atomic E-state index is -0.402. The maximum Gasteiger partial charge on any atom is 0.277 e. The fourth-order valence-electron chi connectivity index (χ4n) is 3.28. The SMILES string of the molecule is COc1ccc(NC(=O)Cn2ccn3nc(-c4ccccc4)c(CO)c3c2=O)cc1. The highest BCUT2D eigenvalue weighted by Gasteiger charge is 2.18. The van der Waals surface area contributed by atoms with Crippen molar-refractivity contribution in [1.29, 1.82) is 0 Å². The molecule has 0 fully saturated rings. The number of methoxy groups -OCH3 is 1. The van der Waals surface area contributed by atoms with Gasteiger partial charge in [-0.15, -0.1) is 0 Å². The summed E-state index contributed by atoms with van der Waals surface area (Å²) in [6.45, 7) is -0.511. The number of ether oxygens (including phenoxy) is 1. The van der Waals surface area contributed by atoms with Crippen molar-refractivity contribution in [3.8, 4) is 17.0 Å². The molecular formula is C22H20N4O4. The van der Waals surface area contributed by atoms with E-state index < -0.39 is 5.56 Å². The predicted octanol–water partition coefficient (Wildman–Crippen LogP) is 2.30. The second-order valence-electron chi connectivity index (χ2n) is 6.65. The third-order valence-electron chi connectivity index (χ3n) is 4.75. The second kappa shape index (κ2) is 8.22. The molecule has 0 aliphatic heterocycles.